The molecule has 3 nitrogen and oxygen atoms in total. The molecule has 0 saturated carbocycles. The van der Waals surface area contributed by atoms with E-state index in [2.05, 4.69) is 10.3 Å². The van der Waals surface area contributed by atoms with Crippen LogP contribution in [0.15, 0.2) is 30.3 Å². The van der Waals surface area contributed by atoms with Crippen molar-refractivity contribution >= 4 is 17.4 Å². The van der Waals surface area contributed by atoms with Crippen LogP contribution in [-0.2, 0) is 6.61 Å². The highest BCUT2D eigenvalue weighted by Gasteiger charge is 2.07. The number of benzene rings is 1. The van der Waals surface area contributed by atoms with Crippen molar-refractivity contribution in [3.63, 3.8) is 0 Å². The number of halogens is 1. The van der Waals surface area contributed by atoms with Gasteiger partial charge in [-0.25, -0.2) is 4.98 Å². The third-order valence-corrected chi connectivity index (χ3v) is 3.17. The van der Waals surface area contributed by atoms with Crippen LogP contribution in [0.4, 0.5) is 5.82 Å². The first kappa shape index (κ1) is 14.7. The van der Waals surface area contributed by atoms with Crippen LogP contribution < -0.4 is 10.1 Å². The van der Waals surface area contributed by atoms with Crippen molar-refractivity contribution in [1.29, 1.82) is 0 Å². The molecule has 0 spiro atoms. The molecule has 0 radical (unpaired) electrons. The molecule has 20 heavy (non-hydrogen) atoms. The van der Waals surface area contributed by atoms with E-state index in [-0.39, 0.29) is 0 Å². The summed E-state index contributed by atoms with van der Waals surface area (Å²) in [5.74, 6) is 1.75. The Morgan fingerprint density at radius 1 is 1.20 bits per heavy atom. The molecule has 4 heteroatoms. The molecule has 0 aliphatic heterocycles. The van der Waals surface area contributed by atoms with Gasteiger partial charge in [-0.1, -0.05) is 17.7 Å². The van der Waals surface area contributed by atoms with Crippen LogP contribution in [0.5, 0.6) is 5.75 Å². The van der Waals surface area contributed by atoms with Crippen LogP contribution in [0.25, 0.3) is 0 Å². The molecule has 0 aliphatic rings. The molecule has 1 heterocycles. The molecule has 0 saturated heterocycles. The lowest BCUT2D eigenvalue weighted by Crippen LogP contribution is -2.04. The smallest absolute Gasteiger partial charge is 0.130 e. The molecule has 0 bridgehead atoms. The number of aryl methyl sites for hydroxylation is 2. The molecule has 0 unspecified atom stereocenters. The van der Waals surface area contributed by atoms with E-state index in [4.69, 9.17) is 16.3 Å². The first-order chi connectivity index (χ1) is 9.60. The number of hydrogen-bond acceptors (Lipinski definition) is 3. The summed E-state index contributed by atoms with van der Waals surface area (Å²) in [6, 6.07) is 9.71. The predicted molar refractivity (Wildman–Crippen MR) is 83.7 cm³/mol. The molecule has 0 aliphatic carbocycles. The first-order valence-electron chi connectivity index (χ1n) is 6.69. The average molecular weight is 291 g/mol. The molecule has 0 fully saturated rings. The maximum Gasteiger partial charge on any atom is 0.130 e. The van der Waals surface area contributed by atoms with Crippen LogP contribution >= 0.6 is 11.6 Å². The highest BCUT2D eigenvalue weighted by molar-refractivity contribution is 6.30. The summed E-state index contributed by atoms with van der Waals surface area (Å²) in [4.78, 5) is 4.49. The second-order valence-corrected chi connectivity index (χ2v) is 5.14. The summed E-state index contributed by atoms with van der Waals surface area (Å²) in [6.07, 6.45) is 0. The number of ether oxygens (including phenoxy) is 1. The van der Waals surface area contributed by atoms with Gasteiger partial charge >= 0.3 is 0 Å². The molecule has 1 N–H and O–H groups in total. The monoisotopic (exact) mass is 290 g/mol. The molecule has 106 valence electrons. The largest absolute Gasteiger partial charge is 0.487 e. The third-order valence-electron chi connectivity index (χ3n) is 2.95. The number of anilines is 1. The van der Waals surface area contributed by atoms with Gasteiger partial charge in [0.1, 0.15) is 18.2 Å². The van der Waals surface area contributed by atoms with Crippen LogP contribution in [-0.4, -0.2) is 11.5 Å². The zero-order chi connectivity index (χ0) is 14.5. The van der Waals surface area contributed by atoms with Gasteiger partial charge in [0.2, 0.25) is 0 Å². The van der Waals surface area contributed by atoms with Gasteiger partial charge in [0, 0.05) is 11.6 Å². The van der Waals surface area contributed by atoms with Crippen LogP contribution in [0.2, 0.25) is 5.02 Å². The van der Waals surface area contributed by atoms with Crippen molar-refractivity contribution in [3.05, 3.63) is 52.2 Å². The fraction of sp³-hybridized carbons (Fsp3) is 0.312. The number of nitrogens with zero attached hydrogens (tertiary/aromatic N) is 1. The van der Waals surface area contributed by atoms with Crippen molar-refractivity contribution in [2.45, 2.75) is 27.4 Å². The highest BCUT2D eigenvalue weighted by atomic mass is 35.5. The van der Waals surface area contributed by atoms with Gasteiger partial charge in [0.15, 0.2) is 0 Å². The fourth-order valence-electron chi connectivity index (χ4n) is 2.11. The van der Waals surface area contributed by atoms with Gasteiger partial charge in [-0.05, 0) is 56.2 Å². The van der Waals surface area contributed by atoms with Crippen molar-refractivity contribution in [2.24, 2.45) is 0 Å². The van der Waals surface area contributed by atoms with Crippen molar-refractivity contribution in [2.75, 3.05) is 11.9 Å². The quantitative estimate of drug-likeness (QED) is 0.888. The minimum atomic E-state index is 0.447. The Morgan fingerprint density at radius 2 is 1.90 bits per heavy atom. The topological polar surface area (TPSA) is 34.1 Å². The number of pyridine rings is 1. The van der Waals surface area contributed by atoms with Crippen molar-refractivity contribution in [3.8, 4) is 5.75 Å². The lowest BCUT2D eigenvalue weighted by Gasteiger charge is -2.13. The summed E-state index contributed by atoms with van der Waals surface area (Å²) in [5.41, 5.74) is 2.98. The van der Waals surface area contributed by atoms with E-state index in [1.807, 2.05) is 51.1 Å². The van der Waals surface area contributed by atoms with E-state index in [0.29, 0.717) is 6.61 Å². The zero-order valence-electron chi connectivity index (χ0n) is 12.0. The first-order valence-corrected chi connectivity index (χ1v) is 7.07. The lowest BCUT2D eigenvalue weighted by atomic mass is 10.1. The van der Waals surface area contributed by atoms with E-state index in [0.717, 1.165) is 40.0 Å². The molecule has 0 atom stereocenters. The van der Waals surface area contributed by atoms with Crippen LogP contribution in [0.3, 0.4) is 0 Å². The zero-order valence-corrected chi connectivity index (χ0v) is 12.8. The molecule has 1 aromatic carbocycles. The Hall–Kier alpha value is -1.74. The maximum absolute atomic E-state index is 6.02. The third kappa shape index (κ3) is 3.64. The Kier molecular flexibility index (Phi) is 4.85. The van der Waals surface area contributed by atoms with Crippen molar-refractivity contribution < 1.29 is 4.74 Å². The molecule has 1 aromatic heterocycles. The minimum absolute atomic E-state index is 0.447. The number of hydrogen-bond donors (Lipinski definition) is 1. The van der Waals surface area contributed by atoms with Gasteiger partial charge in [-0.3, -0.25) is 0 Å². The van der Waals surface area contributed by atoms with E-state index >= 15 is 0 Å². The standard InChI is InChI=1S/C16H19ClN2O/c1-4-18-15-7-5-6-14(19-15)10-20-16-11(2)8-13(17)9-12(16)3/h5-9H,4,10H2,1-3H3,(H,18,19). The van der Waals surface area contributed by atoms with E-state index in [1.54, 1.807) is 0 Å². The maximum atomic E-state index is 6.02. The van der Waals surface area contributed by atoms with E-state index < -0.39 is 0 Å². The highest BCUT2D eigenvalue weighted by Crippen LogP contribution is 2.27. The Balaban J connectivity index is 2.11. The number of rotatable bonds is 5. The minimum Gasteiger partial charge on any atom is -0.487 e. The SMILES string of the molecule is CCNc1cccc(COc2c(C)cc(Cl)cc2C)n1. The molecular formula is C16H19ClN2O. The summed E-state index contributed by atoms with van der Waals surface area (Å²) in [7, 11) is 0. The van der Waals surface area contributed by atoms with E-state index in [9.17, 15) is 0 Å². The van der Waals surface area contributed by atoms with Crippen molar-refractivity contribution in [1.82, 2.24) is 4.98 Å². The summed E-state index contributed by atoms with van der Waals surface area (Å²) >= 11 is 6.02. The predicted octanol–water partition coefficient (Wildman–Crippen LogP) is 4.36. The summed E-state index contributed by atoms with van der Waals surface area (Å²) in [6.45, 7) is 7.34. The molecule has 2 rings (SSSR count). The molecule has 0 amide bonds. The Morgan fingerprint density at radius 3 is 2.55 bits per heavy atom. The normalized spacial score (nSPS) is 10.4. The van der Waals surface area contributed by atoms with Gasteiger partial charge in [-0.15, -0.1) is 0 Å². The van der Waals surface area contributed by atoms with Gasteiger partial charge in [0.05, 0.1) is 5.69 Å². The van der Waals surface area contributed by atoms with Gasteiger partial charge in [-0.2, -0.15) is 0 Å². The van der Waals surface area contributed by atoms with Crippen LogP contribution in [0.1, 0.15) is 23.7 Å². The fourth-order valence-corrected chi connectivity index (χ4v) is 2.44. The lowest BCUT2D eigenvalue weighted by molar-refractivity contribution is 0.297. The number of nitrogens with one attached hydrogen (secondary N) is 1. The van der Waals surface area contributed by atoms with Gasteiger partial charge < -0.3 is 10.1 Å². The Bertz CT molecular complexity index is 576. The summed E-state index contributed by atoms with van der Waals surface area (Å²) in [5, 5.41) is 3.93. The van der Waals surface area contributed by atoms with Crippen LogP contribution in [0, 0.1) is 13.8 Å². The number of aromatic nitrogens is 1. The second-order valence-electron chi connectivity index (χ2n) is 4.70. The second kappa shape index (κ2) is 6.62. The molecular weight excluding hydrogens is 272 g/mol. The Labute approximate surface area is 124 Å². The van der Waals surface area contributed by atoms with Gasteiger partial charge in [0.25, 0.3) is 0 Å². The average Bonchev–Trinajstić information content (AvgIpc) is 2.38. The molecule has 2 aromatic rings. The summed E-state index contributed by atoms with van der Waals surface area (Å²) < 4.78 is 5.89. The van der Waals surface area contributed by atoms with E-state index in [1.165, 1.54) is 0 Å².